The van der Waals surface area contributed by atoms with Gasteiger partial charge in [0.05, 0.1) is 0 Å². The fraction of sp³-hybridized carbons (Fsp3) is 0.100. The van der Waals surface area contributed by atoms with E-state index in [4.69, 9.17) is 0 Å². The molecule has 0 aliphatic heterocycles. The molecule has 0 unspecified atom stereocenters. The van der Waals surface area contributed by atoms with Gasteiger partial charge in [-0.05, 0) is 46.9 Å². The topological polar surface area (TPSA) is 0 Å². The van der Waals surface area contributed by atoms with Gasteiger partial charge >= 0.3 is 0 Å². The number of benzene rings is 3. The van der Waals surface area contributed by atoms with Crippen LogP contribution in [0.5, 0.6) is 0 Å². The molecular formula is C20H15F3. The smallest absolute Gasteiger partial charge is 0.159 e. The molecule has 0 fully saturated rings. The van der Waals surface area contributed by atoms with Gasteiger partial charge in [0.25, 0.3) is 0 Å². The van der Waals surface area contributed by atoms with Crippen molar-refractivity contribution >= 4 is 0 Å². The Hall–Kier alpha value is -2.55. The second kappa shape index (κ2) is 6.29. The summed E-state index contributed by atoms with van der Waals surface area (Å²) in [5.74, 6) is -2.39. The van der Waals surface area contributed by atoms with Crippen molar-refractivity contribution in [3.05, 3.63) is 83.7 Å². The van der Waals surface area contributed by atoms with Gasteiger partial charge < -0.3 is 0 Å². The normalized spacial score (nSPS) is 10.8. The SMILES string of the molecule is CCc1ccc(-c2ccc(-c3ccc(F)c(F)c3)c(F)c2)cc1. The minimum absolute atomic E-state index is 0.248. The molecule has 0 saturated heterocycles. The van der Waals surface area contributed by atoms with Crippen molar-refractivity contribution in [1.29, 1.82) is 0 Å². The third-order valence-electron chi connectivity index (χ3n) is 3.90. The zero-order chi connectivity index (χ0) is 16.4. The Morgan fingerprint density at radius 1 is 0.609 bits per heavy atom. The molecule has 0 amide bonds. The highest BCUT2D eigenvalue weighted by atomic mass is 19.2. The molecule has 0 nitrogen and oxygen atoms in total. The van der Waals surface area contributed by atoms with Crippen molar-refractivity contribution < 1.29 is 13.2 Å². The summed E-state index contributed by atoms with van der Waals surface area (Å²) < 4.78 is 40.7. The van der Waals surface area contributed by atoms with Crippen molar-refractivity contribution in [2.24, 2.45) is 0 Å². The summed E-state index contributed by atoms with van der Waals surface area (Å²) >= 11 is 0. The molecule has 3 aromatic rings. The Bertz CT molecular complexity index is 836. The van der Waals surface area contributed by atoms with Crippen molar-refractivity contribution in [2.45, 2.75) is 13.3 Å². The van der Waals surface area contributed by atoms with E-state index < -0.39 is 17.5 Å². The Kier molecular flexibility index (Phi) is 4.20. The van der Waals surface area contributed by atoms with Crippen LogP contribution in [0, 0.1) is 17.5 Å². The fourth-order valence-electron chi connectivity index (χ4n) is 2.53. The summed E-state index contributed by atoms with van der Waals surface area (Å²) in [5, 5.41) is 0. The minimum Gasteiger partial charge on any atom is -0.206 e. The molecule has 0 heterocycles. The summed E-state index contributed by atoms with van der Waals surface area (Å²) in [6, 6.07) is 16.1. The van der Waals surface area contributed by atoms with Crippen LogP contribution in [-0.4, -0.2) is 0 Å². The summed E-state index contributed by atoms with van der Waals surface area (Å²) in [5.41, 5.74) is 3.44. The van der Waals surface area contributed by atoms with Crippen LogP contribution in [-0.2, 0) is 6.42 Å². The Labute approximate surface area is 133 Å². The molecule has 0 spiro atoms. The van der Waals surface area contributed by atoms with Gasteiger partial charge in [-0.3, -0.25) is 0 Å². The molecule has 0 aliphatic carbocycles. The van der Waals surface area contributed by atoms with E-state index in [1.165, 1.54) is 17.7 Å². The predicted molar refractivity (Wildman–Crippen MR) is 86.6 cm³/mol. The maximum Gasteiger partial charge on any atom is 0.159 e. The highest BCUT2D eigenvalue weighted by molar-refractivity contribution is 5.71. The molecule has 116 valence electrons. The number of aryl methyl sites for hydroxylation is 1. The first-order valence-electron chi connectivity index (χ1n) is 7.43. The zero-order valence-corrected chi connectivity index (χ0v) is 12.6. The van der Waals surface area contributed by atoms with E-state index in [1.54, 1.807) is 12.1 Å². The van der Waals surface area contributed by atoms with Crippen LogP contribution in [0.2, 0.25) is 0 Å². The van der Waals surface area contributed by atoms with Crippen molar-refractivity contribution in [3.63, 3.8) is 0 Å². The average molecular weight is 312 g/mol. The van der Waals surface area contributed by atoms with Gasteiger partial charge in [-0.25, -0.2) is 13.2 Å². The van der Waals surface area contributed by atoms with E-state index >= 15 is 0 Å². The van der Waals surface area contributed by atoms with Crippen LogP contribution in [0.15, 0.2) is 60.7 Å². The molecule has 0 aromatic heterocycles. The average Bonchev–Trinajstić information content (AvgIpc) is 2.57. The van der Waals surface area contributed by atoms with E-state index in [1.807, 2.05) is 24.3 Å². The molecule has 0 bridgehead atoms. The Morgan fingerprint density at radius 2 is 1.22 bits per heavy atom. The number of hydrogen-bond donors (Lipinski definition) is 0. The molecule has 0 saturated carbocycles. The van der Waals surface area contributed by atoms with E-state index in [9.17, 15) is 13.2 Å². The highest BCUT2D eigenvalue weighted by Gasteiger charge is 2.10. The Morgan fingerprint density at radius 3 is 1.83 bits per heavy atom. The summed E-state index contributed by atoms with van der Waals surface area (Å²) in [7, 11) is 0. The maximum absolute atomic E-state index is 14.4. The third kappa shape index (κ3) is 3.14. The second-order valence-electron chi connectivity index (χ2n) is 5.37. The van der Waals surface area contributed by atoms with Crippen LogP contribution < -0.4 is 0 Å². The molecule has 3 rings (SSSR count). The van der Waals surface area contributed by atoms with Gasteiger partial charge in [-0.1, -0.05) is 49.4 Å². The standard InChI is InChI=1S/C20H15F3/c1-2-13-3-5-14(6-4-13)15-7-9-17(19(22)11-15)16-8-10-18(21)20(23)12-16/h3-12H,2H2,1H3. The Balaban J connectivity index is 1.98. The van der Waals surface area contributed by atoms with Crippen LogP contribution in [0.4, 0.5) is 13.2 Å². The van der Waals surface area contributed by atoms with Gasteiger partial charge in [0.1, 0.15) is 5.82 Å². The number of rotatable bonds is 3. The fourth-order valence-corrected chi connectivity index (χ4v) is 2.53. The molecular weight excluding hydrogens is 297 g/mol. The number of hydrogen-bond acceptors (Lipinski definition) is 0. The first-order valence-corrected chi connectivity index (χ1v) is 7.43. The monoisotopic (exact) mass is 312 g/mol. The molecule has 0 atom stereocenters. The van der Waals surface area contributed by atoms with Crippen molar-refractivity contribution in [3.8, 4) is 22.3 Å². The van der Waals surface area contributed by atoms with E-state index in [-0.39, 0.29) is 5.56 Å². The predicted octanol–water partition coefficient (Wildman–Crippen LogP) is 6.00. The van der Waals surface area contributed by atoms with Crippen molar-refractivity contribution in [1.82, 2.24) is 0 Å². The molecule has 0 N–H and O–H groups in total. The largest absolute Gasteiger partial charge is 0.206 e. The molecule has 3 aromatic carbocycles. The molecule has 23 heavy (non-hydrogen) atoms. The van der Waals surface area contributed by atoms with E-state index in [0.29, 0.717) is 5.56 Å². The lowest BCUT2D eigenvalue weighted by Gasteiger charge is -2.08. The first kappa shape index (κ1) is 15.3. The van der Waals surface area contributed by atoms with Crippen molar-refractivity contribution in [2.75, 3.05) is 0 Å². The lowest BCUT2D eigenvalue weighted by atomic mass is 9.98. The van der Waals surface area contributed by atoms with Gasteiger partial charge in [0.15, 0.2) is 11.6 Å². The highest BCUT2D eigenvalue weighted by Crippen LogP contribution is 2.29. The van der Waals surface area contributed by atoms with Crippen LogP contribution >= 0.6 is 0 Å². The molecule has 0 aliphatic rings. The van der Waals surface area contributed by atoms with E-state index in [2.05, 4.69) is 6.92 Å². The van der Waals surface area contributed by atoms with Crippen LogP contribution in [0.1, 0.15) is 12.5 Å². The summed E-state index contributed by atoms with van der Waals surface area (Å²) in [6.07, 6.45) is 0.948. The van der Waals surface area contributed by atoms with Gasteiger partial charge in [-0.2, -0.15) is 0 Å². The van der Waals surface area contributed by atoms with Crippen LogP contribution in [0.3, 0.4) is 0 Å². The van der Waals surface area contributed by atoms with Gasteiger partial charge in [0.2, 0.25) is 0 Å². The summed E-state index contributed by atoms with van der Waals surface area (Å²) in [4.78, 5) is 0. The molecule has 0 radical (unpaired) electrons. The maximum atomic E-state index is 14.4. The first-order chi connectivity index (χ1) is 11.1. The van der Waals surface area contributed by atoms with E-state index in [0.717, 1.165) is 29.7 Å². The quantitative estimate of drug-likeness (QED) is 0.556. The van der Waals surface area contributed by atoms with Gasteiger partial charge in [0, 0.05) is 5.56 Å². The molecule has 3 heteroatoms. The third-order valence-corrected chi connectivity index (χ3v) is 3.90. The van der Waals surface area contributed by atoms with Crippen LogP contribution in [0.25, 0.3) is 22.3 Å². The number of halogens is 3. The minimum atomic E-state index is -0.985. The lowest BCUT2D eigenvalue weighted by Crippen LogP contribution is -1.90. The van der Waals surface area contributed by atoms with Gasteiger partial charge in [-0.15, -0.1) is 0 Å². The zero-order valence-electron chi connectivity index (χ0n) is 12.6. The summed E-state index contributed by atoms with van der Waals surface area (Å²) in [6.45, 7) is 2.07. The lowest BCUT2D eigenvalue weighted by molar-refractivity contribution is 0.509. The second-order valence-corrected chi connectivity index (χ2v) is 5.37.